The van der Waals surface area contributed by atoms with Crippen molar-refractivity contribution in [3.8, 4) is 0 Å². The number of thiophene rings is 1. The van der Waals surface area contributed by atoms with Gasteiger partial charge in [-0.25, -0.2) is 9.97 Å². The van der Waals surface area contributed by atoms with Crippen LogP contribution in [0.5, 0.6) is 0 Å². The van der Waals surface area contributed by atoms with Gasteiger partial charge in [-0.15, -0.1) is 11.3 Å². The van der Waals surface area contributed by atoms with Crippen LogP contribution in [0.3, 0.4) is 0 Å². The summed E-state index contributed by atoms with van der Waals surface area (Å²) in [7, 11) is 0. The lowest BCUT2D eigenvalue weighted by Crippen LogP contribution is -2.26. The fourth-order valence-corrected chi connectivity index (χ4v) is 4.04. The molecule has 0 N–H and O–H groups in total. The van der Waals surface area contributed by atoms with Gasteiger partial charge in [0.2, 0.25) is 5.91 Å². The van der Waals surface area contributed by atoms with Gasteiger partial charge in [-0.3, -0.25) is 4.79 Å². The molecule has 1 aliphatic heterocycles. The maximum atomic E-state index is 12.4. The van der Waals surface area contributed by atoms with Crippen LogP contribution < -0.4 is 0 Å². The molecule has 1 amide bonds. The zero-order valence-corrected chi connectivity index (χ0v) is 13.7. The number of amides is 1. The van der Waals surface area contributed by atoms with Gasteiger partial charge in [-0.2, -0.15) is 0 Å². The van der Waals surface area contributed by atoms with Gasteiger partial charge in [-0.05, 0) is 24.8 Å². The molecule has 1 atom stereocenters. The quantitative estimate of drug-likeness (QED) is 0.806. The first-order valence-electron chi connectivity index (χ1n) is 7.01. The molecule has 0 spiro atoms. The highest BCUT2D eigenvalue weighted by atomic mass is 35.5. The molecule has 6 heteroatoms. The van der Waals surface area contributed by atoms with Crippen molar-refractivity contribution in [3.63, 3.8) is 0 Å². The number of hydrogen-bond donors (Lipinski definition) is 0. The first-order chi connectivity index (χ1) is 10.0. The van der Waals surface area contributed by atoms with Crippen molar-refractivity contribution in [2.24, 2.45) is 5.92 Å². The van der Waals surface area contributed by atoms with E-state index in [0.29, 0.717) is 11.7 Å². The van der Waals surface area contributed by atoms with Gasteiger partial charge in [0.25, 0.3) is 0 Å². The van der Waals surface area contributed by atoms with Gasteiger partial charge < -0.3 is 4.90 Å². The summed E-state index contributed by atoms with van der Waals surface area (Å²) in [5.74, 6) is 1.75. The number of aromatic nitrogens is 2. The maximum absolute atomic E-state index is 12.4. The van der Waals surface area contributed by atoms with Crippen LogP contribution in [0.2, 0.25) is 5.15 Å². The highest BCUT2D eigenvalue weighted by Crippen LogP contribution is 2.31. The first-order valence-corrected chi connectivity index (χ1v) is 8.21. The van der Waals surface area contributed by atoms with Crippen molar-refractivity contribution in [1.82, 2.24) is 14.9 Å². The van der Waals surface area contributed by atoms with Crippen molar-refractivity contribution in [3.05, 3.63) is 28.3 Å². The Bertz CT molecular complexity index is 670. The minimum absolute atomic E-state index is 0.160. The molecule has 21 heavy (non-hydrogen) atoms. The van der Waals surface area contributed by atoms with Crippen LogP contribution >= 0.6 is 22.9 Å². The zero-order valence-electron chi connectivity index (χ0n) is 12.1. The lowest BCUT2D eigenvalue weighted by molar-refractivity contribution is -0.131. The Kier molecular flexibility index (Phi) is 4.13. The van der Waals surface area contributed by atoms with E-state index < -0.39 is 0 Å². The van der Waals surface area contributed by atoms with E-state index in [1.165, 1.54) is 12.2 Å². The van der Waals surface area contributed by atoms with E-state index in [-0.39, 0.29) is 11.8 Å². The van der Waals surface area contributed by atoms with Gasteiger partial charge in [0.1, 0.15) is 16.3 Å². The fourth-order valence-electron chi connectivity index (χ4n) is 2.79. The van der Waals surface area contributed by atoms with Gasteiger partial charge >= 0.3 is 0 Å². The van der Waals surface area contributed by atoms with Gasteiger partial charge in [0.05, 0.1) is 6.54 Å². The lowest BCUT2D eigenvalue weighted by Gasteiger charge is -2.16. The molecule has 111 valence electrons. The SMILES string of the molecule is C[C](C)C[C@H]1CCN(Cc2cc3c(Cl)ncnc3s2)C1=O. The Morgan fingerprint density at radius 2 is 2.29 bits per heavy atom. The molecule has 0 saturated carbocycles. The van der Waals surface area contributed by atoms with E-state index in [2.05, 4.69) is 23.8 Å². The molecule has 1 aliphatic rings. The molecule has 0 bridgehead atoms. The molecule has 3 rings (SSSR count). The average Bonchev–Trinajstić information content (AvgIpc) is 2.97. The van der Waals surface area contributed by atoms with Gasteiger partial charge in [0, 0.05) is 22.7 Å². The normalized spacial score (nSPS) is 19.1. The highest BCUT2D eigenvalue weighted by molar-refractivity contribution is 7.18. The predicted molar refractivity (Wildman–Crippen MR) is 85.2 cm³/mol. The van der Waals surface area contributed by atoms with Crippen LogP contribution in [0.4, 0.5) is 0 Å². The van der Waals surface area contributed by atoms with Gasteiger partial charge in [0.15, 0.2) is 0 Å². The molecular formula is C15H17ClN3OS. The van der Waals surface area contributed by atoms with Crippen molar-refractivity contribution in [1.29, 1.82) is 0 Å². The molecule has 4 nitrogen and oxygen atoms in total. The monoisotopic (exact) mass is 322 g/mol. The number of halogens is 1. The smallest absolute Gasteiger partial charge is 0.226 e. The van der Waals surface area contributed by atoms with Crippen molar-refractivity contribution >= 4 is 39.1 Å². The third-order valence-corrected chi connectivity index (χ3v) is 5.07. The number of carbonyl (C=O) groups excluding carboxylic acids is 1. The average molecular weight is 323 g/mol. The minimum Gasteiger partial charge on any atom is -0.337 e. The molecule has 0 unspecified atom stereocenters. The van der Waals surface area contributed by atoms with E-state index in [1.807, 2.05) is 11.0 Å². The van der Waals surface area contributed by atoms with E-state index in [4.69, 9.17) is 11.6 Å². The Hall–Kier alpha value is -1.20. The Labute approximate surface area is 133 Å². The molecule has 2 aromatic rings. The van der Waals surface area contributed by atoms with Crippen LogP contribution in [0.25, 0.3) is 10.2 Å². The molecule has 0 aliphatic carbocycles. The summed E-state index contributed by atoms with van der Waals surface area (Å²) in [6, 6.07) is 2.00. The summed E-state index contributed by atoms with van der Waals surface area (Å²) in [5, 5.41) is 1.35. The van der Waals surface area contributed by atoms with Crippen LogP contribution in [0.1, 0.15) is 31.6 Å². The fraction of sp³-hybridized carbons (Fsp3) is 0.467. The second kappa shape index (κ2) is 5.89. The topological polar surface area (TPSA) is 46.1 Å². The zero-order chi connectivity index (χ0) is 15.0. The number of fused-ring (bicyclic) bond motifs is 1. The van der Waals surface area contributed by atoms with Crippen LogP contribution in [0, 0.1) is 11.8 Å². The van der Waals surface area contributed by atoms with E-state index in [9.17, 15) is 4.79 Å². The maximum Gasteiger partial charge on any atom is 0.226 e. The standard InChI is InChI=1S/C15H17ClN3OS/c1-9(2)5-10-3-4-19(15(10)20)7-11-6-12-13(16)17-8-18-14(12)21-11/h6,8,10H,3-5,7H2,1-2H3/t10-/m1/s1. The van der Waals surface area contributed by atoms with E-state index >= 15 is 0 Å². The molecule has 1 radical (unpaired) electrons. The summed E-state index contributed by atoms with van der Waals surface area (Å²) in [6.07, 6.45) is 3.33. The third-order valence-electron chi connectivity index (χ3n) is 3.74. The van der Waals surface area contributed by atoms with Crippen LogP contribution in [0.15, 0.2) is 12.4 Å². The van der Waals surface area contributed by atoms with Gasteiger partial charge in [-0.1, -0.05) is 25.4 Å². The third kappa shape index (κ3) is 3.04. The molecule has 1 fully saturated rings. The summed E-state index contributed by atoms with van der Waals surface area (Å²) in [4.78, 5) is 24.5. The number of nitrogens with zero attached hydrogens (tertiary/aromatic N) is 3. The Morgan fingerprint density at radius 3 is 3.00 bits per heavy atom. The summed E-state index contributed by atoms with van der Waals surface area (Å²) in [6.45, 7) is 5.66. The molecule has 3 heterocycles. The number of rotatable bonds is 4. The molecule has 1 saturated heterocycles. The molecule has 0 aromatic carbocycles. The lowest BCUT2D eigenvalue weighted by atomic mass is 9.96. The van der Waals surface area contributed by atoms with E-state index in [0.717, 1.165) is 34.5 Å². The van der Waals surface area contributed by atoms with Crippen molar-refractivity contribution in [2.75, 3.05) is 6.54 Å². The largest absolute Gasteiger partial charge is 0.337 e. The van der Waals surface area contributed by atoms with Crippen LogP contribution in [-0.4, -0.2) is 27.3 Å². The van der Waals surface area contributed by atoms with E-state index in [1.54, 1.807) is 11.3 Å². The summed E-state index contributed by atoms with van der Waals surface area (Å²) < 4.78 is 0. The summed E-state index contributed by atoms with van der Waals surface area (Å²) >= 11 is 7.65. The van der Waals surface area contributed by atoms with Crippen molar-refractivity contribution in [2.45, 2.75) is 33.2 Å². The van der Waals surface area contributed by atoms with Crippen LogP contribution in [-0.2, 0) is 11.3 Å². The minimum atomic E-state index is 0.160. The van der Waals surface area contributed by atoms with Crippen molar-refractivity contribution < 1.29 is 4.79 Å². The Balaban J connectivity index is 1.74. The first kappa shape index (κ1) is 14.7. The number of carbonyl (C=O) groups is 1. The second-order valence-electron chi connectivity index (χ2n) is 5.75. The summed E-state index contributed by atoms with van der Waals surface area (Å²) in [5.41, 5.74) is 0. The Morgan fingerprint density at radius 1 is 1.48 bits per heavy atom. The predicted octanol–water partition coefficient (Wildman–Crippen LogP) is 3.70. The molecular weight excluding hydrogens is 306 g/mol. The number of likely N-dealkylation sites (tertiary alicyclic amines) is 1. The number of hydrogen-bond acceptors (Lipinski definition) is 4. The highest BCUT2D eigenvalue weighted by Gasteiger charge is 2.32. The molecule has 2 aromatic heterocycles. The second-order valence-corrected chi connectivity index (χ2v) is 7.23.